The maximum absolute atomic E-state index is 12.5. The average Bonchev–Trinajstić information content (AvgIpc) is 2.62. The summed E-state index contributed by atoms with van der Waals surface area (Å²) in [7, 11) is 0. The number of nitrogens with one attached hydrogen (secondary N) is 1. The Bertz CT molecular complexity index is 540. The minimum absolute atomic E-state index is 0.0772. The van der Waals surface area contributed by atoms with Gasteiger partial charge in [0.2, 0.25) is 5.91 Å². The predicted molar refractivity (Wildman–Crippen MR) is 97.5 cm³/mol. The predicted octanol–water partition coefficient (Wildman–Crippen LogP) is 2.58. The Morgan fingerprint density at radius 2 is 1.92 bits per heavy atom. The summed E-state index contributed by atoms with van der Waals surface area (Å²) >= 11 is 0. The van der Waals surface area contributed by atoms with Crippen molar-refractivity contribution in [1.29, 1.82) is 0 Å². The van der Waals surface area contributed by atoms with Gasteiger partial charge in [-0.25, -0.2) is 0 Å². The molecule has 24 heavy (non-hydrogen) atoms. The highest BCUT2D eigenvalue weighted by Gasteiger charge is 2.25. The summed E-state index contributed by atoms with van der Waals surface area (Å²) in [5.74, 6) is 0.769. The monoisotopic (exact) mass is 331 g/mol. The van der Waals surface area contributed by atoms with Gasteiger partial charge >= 0.3 is 0 Å². The van der Waals surface area contributed by atoms with Gasteiger partial charge in [-0.1, -0.05) is 6.92 Å². The molecule has 3 rings (SSSR count). The number of carbonyl (C=O) groups excluding carboxylic acids is 1. The van der Waals surface area contributed by atoms with Crippen LogP contribution in [0.5, 0.6) is 0 Å². The topological polar surface area (TPSA) is 44.8 Å². The van der Waals surface area contributed by atoms with Crippen molar-refractivity contribution in [3.63, 3.8) is 0 Å². The number of benzene rings is 1. The molecule has 0 saturated carbocycles. The number of carbonyl (C=O) groups is 1. The molecule has 132 valence electrons. The number of hydrogen-bond donors (Lipinski definition) is 1. The number of rotatable bonds is 4. The molecule has 2 fully saturated rings. The van der Waals surface area contributed by atoms with E-state index in [1.54, 1.807) is 0 Å². The summed E-state index contributed by atoms with van der Waals surface area (Å²) in [5.41, 5.74) is 2.06. The smallest absolute Gasteiger partial charge is 0.241 e. The standard InChI is InChI=1S/C19H29N3O2/c1-15-4-3-9-22(14-15)16(2)19(23)20-17-5-7-18(8-6-17)21-10-12-24-13-11-21/h5-8,15-16H,3-4,9-14H2,1-2H3,(H,20,23)/t15-,16+/m0/s1. The second kappa shape index (κ2) is 7.99. The molecular formula is C19H29N3O2. The van der Waals surface area contributed by atoms with Crippen LogP contribution in [0.2, 0.25) is 0 Å². The largest absolute Gasteiger partial charge is 0.378 e. The van der Waals surface area contributed by atoms with Crippen molar-refractivity contribution in [3.05, 3.63) is 24.3 Å². The van der Waals surface area contributed by atoms with Crippen LogP contribution in [0.1, 0.15) is 26.7 Å². The van der Waals surface area contributed by atoms with Gasteiger partial charge < -0.3 is 15.0 Å². The van der Waals surface area contributed by atoms with Gasteiger partial charge in [-0.3, -0.25) is 9.69 Å². The Kier molecular flexibility index (Phi) is 5.74. The van der Waals surface area contributed by atoms with Crippen LogP contribution in [0.15, 0.2) is 24.3 Å². The van der Waals surface area contributed by atoms with Crippen molar-refractivity contribution in [2.24, 2.45) is 5.92 Å². The number of anilines is 2. The number of amides is 1. The van der Waals surface area contributed by atoms with E-state index in [-0.39, 0.29) is 11.9 Å². The van der Waals surface area contributed by atoms with Crippen LogP contribution in [-0.4, -0.2) is 56.2 Å². The Balaban J connectivity index is 1.55. The third-order valence-corrected chi connectivity index (χ3v) is 5.13. The zero-order chi connectivity index (χ0) is 16.9. The summed E-state index contributed by atoms with van der Waals surface area (Å²) in [6, 6.07) is 8.07. The zero-order valence-corrected chi connectivity index (χ0v) is 14.8. The second-order valence-electron chi connectivity index (χ2n) is 7.05. The van der Waals surface area contributed by atoms with E-state index in [9.17, 15) is 4.79 Å². The van der Waals surface area contributed by atoms with Gasteiger partial charge in [0.25, 0.3) is 0 Å². The van der Waals surface area contributed by atoms with E-state index in [1.807, 2.05) is 19.1 Å². The first-order chi connectivity index (χ1) is 11.6. The minimum atomic E-state index is -0.0772. The van der Waals surface area contributed by atoms with Crippen LogP contribution in [0.4, 0.5) is 11.4 Å². The fourth-order valence-electron chi connectivity index (χ4n) is 3.57. The van der Waals surface area contributed by atoms with Crippen molar-refractivity contribution in [2.75, 3.05) is 49.6 Å². The molecule has 1 aromatic rings. The lowest BCUT2D eigenvalue weighted by molar-refractivity contribution is -0.121. The number of nitrogens with zero attached hydrogens (tertiary/aromatic N) is 2. The highest BCUT2D eigenvalue weighted by Crippen LogP contribution is 2.21. The molecule has 0 bridgehead atoms. The summed E-state index contributed by atoms with van der Waals surface area (Å²) in [5, 5.41) is 3.06. The van der Waals surface area contributed by atoms with Gasteiger partial charge in [0.1, 0.15) is 0 Å². The molecule has 0 aromatic heterocycles. The van der Waals surface area contributed by atoms with Crippen molar-refractivity contribution in [2.45, 2.75) is 32.7 Å². The van der Waals surface area contributed by atoms with E-state index in [0.29, 0.717) is 5.92 Å². The van der Waals surface area contributed by atoms with E-state index >= 15 is 0 Å². The lowest BCUT2D eigenvalue weighted by atomic mass is 9.99. The molecule has 0 spiro atoms. The summed E-state index contributed by atoms with van der Waals surface area (Å²) < 4.78 is 5.39. The van der Waals surface area contributed by atoms with E-state index in [0.717, 1.165) is 45.1 Å². The van der Waals surface area contributed by atoms with Gasteiger partial charge in [0, 0.05) is 31.0 Å². The Labute approximate surface area is 145 Å². The summed E-state index contributed by atoms with van der Waals surface area (Å²) in [6.07, 6.45) is 2.46. The van der Waals surface area contributed by atoms with Crippen molar-refractivity contribution < 1.29 is 9.53 Å². The molecule has 0 aliphatic carbocycles. The third-order valence-electron chi connectivity index (χ3n) is 5.13. The molecule has 2 atom stereocenters. The summed E-state index contributed by atoms with van der Waals surface area (Å²) in [6.45, 7) is 9.73. The van der Waals surface area contributed by atoms with Gasteiger partial charge in [0.05, 0.1) is 19.3 Å². The van der Waals surface area contributed by atoms with Crippen molar-refractivity contribution >= 4 is 17.3 Å². The van der Waals surface area contributed by atoms with Gasteiger partial charge in [-0.2, -0.15) is 0 Å². The normalized spacial score (nSPS) is 23.8. The lowest BCUT2D eigenvalue weighted by Crippen LogP contribution is -2.46. The SMILES string of the molecule is C[C@H]1CCCN([C@H](C)C(=O)Nc2ccc(N3CCOCC3)cc2)C1. The molecule has 2 aliphatic rings. The van der Waals surface area contributed by atoms with E-state index < -0.39 is 0 Å². The third kappa shape index (κ3) is 4.28. The molecule has 5 heteroatoms. The van der Waals surface area contributed by atoms with Crippen LogP contribution in [0, 0.1) is 5.92 Å². The van der Waals surface area contributed by atoms with Gasteiger partial charge in [0.15, 0.2) is 0 Å². The van der Waals surface area contributed by atoms with Gasteiger partial charge in [-0.05, 0) is 56.5 Å². The number of morpholine rings is 1. The van der Waals surface area contributed by atoms with E-state index in [2.05, 4.69) is 34.2 Å². The quantitative estimate of drug-likeness (QED) is 0.921. The van der Waals surface area contributed by atoms with Crippen molar-refractivity contribution in [1.82, 2.24) is 4.90 Å². The van der Waals surface area contributed by atoms with Crippen LogP contribution in [0.25, 0.3) is 0 Å². The maximum Gasteiger partial charge on any atom is 0.241 e. The van der Waals surface area contributed by atoms with Crippen LogP contribution in [0.3, 0.4) is 0 Å². The van der Waals surface area contributed by atoms with Gasteiger partial charge in [-0.15, -0.1) is 0 Å². The van der Waals surface area contributed by atoms with E-state index in [1.165, 1.54) is 18.5 Å². The zero-order valence-electron chi connectivity index (χ0n) is 14.8. The fraction of sp³-hybridized carbons (Fsp3) is 0.632. The molecule has 1 amide bonds. The Morgan fingerprint density at radius 3 is 2.58 bits per heavy atom. The first kappa shape index (κ1) is 17.2. The average molecular weight is 331 g/mol. The highest BCUT2D eigenvalue weighted by atomic mass is 16.5. The highest BCUT2D eigenvalue weighted by molar-refractivity contribution is 5.94. The first-order valence-corrected chi connectivity index (χ1v) is 9.11. The lowest BCUT2D eigenvalue weighted by Gasteiger charge is -2.34. The first-order valence-electron chi connectivity index (χ1n) is 9.11. The fourth-order valence-corrected chi connectivity index (χ4v) is 3.57. The number of hydrogen-bond acceptors (Lipinski definition) is 4. The minimum Gasteiger partial charge on any atom is -0.378 e. The summed E-state index contributed by atoms with van der Waals surface area (Å²) in [4.78, 5) is 17.1. The number of likely N-dealkylation sites (tertiary alicyclic amines) is 1. The van der Waals surface area contributed by atoms with Crippen LogP contribution < -0.4 is 10.2 Å². The molecule has 0 radical (unpaired) electrons. The second-order valence-corrected chi connectivity index (χ2v) is 7.05. The molecule has 0 unspecified atom stereocenters. The molecule has 1 aromatic carbocycles. The van der Waals surface area contributed by atoms with Crippen LogP contribution >= 0.6 is 0 Å². The number of piperidine rings is 1. The molecule has 5 nitrogen and oxygen atoms in total. The molecule has 2 saturated heterocycles. The molecule has 2 heterocycles. The maximum atomic E-state index is 12.5. The van der Waals surface area contributed by atoms with Crippen molar-refractivity contribution in [3.8, 4) is 0 Å². The Hall–Kier alpha value is -1.59. The molecule has 2 aliphatic heterocycles. The number of ether oxygens (including phenoxy) is 1. The van der Waals surface area contributed by atoms with Crippen LogP contribution in [-0.2, 0) is 9.53 Å². The van der Waals surface area contributed by atoms with E-state index in [4.69, 9.17) is 4.74 Å². The molecular weight excluding hydrogens is 302 g/mol. The molecule has 1 N–H and O–H groups in total. The Morgan fingerprint density at radius 1 is 1.21 bits per heavy atom.